The summed E-state index contributed by atoms with van der Waals surface area (Å²) in [6, 6.07) is 12.7. The first-order valence-corrected chi connectivity index (χ1v) is 17.1. The van der Waals surface area contributed by atoms with Gasteiger partial charge in [-0.3, -0.25) is 9.52 Å². The van der Waals surface area contributed by atoms with Gasteiger partial charge in [0.05, 0.1) is 30.3 Å². The molecule has 246 valence electrons. The van der Waals surface area contributed by atoms with Gasteiger partial charge in [-0.05, 0) is 42.3 Å². The molecule has 5 rings (SSSR count). The maximum Gasteiger partial charge on any atom is 0.272 e. The lowest BCUT2D eigenvalue weighted by Gasteiger charge is -2.32. The average molecular weight is 650 g/mol. The van der Waals surface area contributed by atoms with Crippen LogP contribution < -0.4 is 19.5 Å². The molecule has 1 aliphatic rings. The number of benzene rings is 2. The summed E-state index contributed by atoms with van der Waals surface area (Å²) in [5, 5.41) is 3.76. The largest absolute Gasteiger partial charge is 0.492 e. The second kappa shape index (κ2) is 13.3. The summed E-state index contributed by atoms with van der Waals surface area (Å²) in [6.07, 6.45) is 3.50. The highest BCUT2D eigenvalue weighted by molar-refractivity contribution is 7.92. The van der Waals surface area contributed by atoms with Gasteiger partial charge in [0, 0.05) is 63.8 Å². The molecule has 0 saturated carbocycles. The predicted molar refractivity (Wildman–Crippen MR) is 181 cm³/mol. The van der Waals surface area contributed by atoms with Crippen molar-refractivity contribution in [3.63, 3.8) is 0 Å². The summed E-state index contributed by atoms with van der Waals surface area (Å²) in [5.41, 5.74) is 2.17. The van der Waals surface area contributed by atoms with E-state index in [2.05, 4.69) is 36.9 Å². The zero-order valence-corrected chi connectivity index (χ0v) is 28.4. The van der Waals surface area contributed by atoms with Crippen molar-refractivity contribution in [1.29, 1.82) is 0 Å². The molecule has 3 heterocycles. The van der Waals surface area contributed by atoms with Gasteiger partial charge in [-0.15, -0.1) is 0 Å². The number of para-hydroxylation sites is 1. The Hall–Kier alpha value is -4.20. The Labute approximate surface area is 270 Å². The van der Waals surface area contributed by atoms with E-state index in [1.807, 2.05) is 39.0 Å². The Morgan fingerprint density at radius 3 is 2.41 bits per heavy atom. The van der Waals surface area contributed by atoms with E-state index in [9.17, 15) is 13.2 Å². The van der Waals surface area contributed by atoms with Crippen molar-refractivity contribution >= 4 is 38.2 Å². The summed E-state index contributed by atoms with van der Waals surface area (Å²) in [4.78, 5) is 27.6. The van der Waals surface area contributed by atoms with Gasteiger partial charge in [-0.1, -0.05) is 32.9 Å². The van der Waals surface area contributed by atoms with Gasteiger partial charge in [0.15, 0.2) is 11.5 Å². The number of carbonyl (C=O) groups excluding carboxylic acids is 1. The van der Waals surface area contributed by atoms with Crippen molar-refractivity contribution in [3.8, 4) is 17.4 Å². The number of anilines is 2. The van der Waals surface area contributed by atoms with Gasteiger partial charge in [-0.25, -0.2) is 13.4 Å². The number of likely N-dealkylation sites (N-methyl/N-ethyl adjacent to an activating group) is 1. The molecular weight excluding hydrogens is 606 g/mol. The smallest absolute Gasteiger partial charge is 0.272 e. The lowest BCUT2D eigenvalue weighted by atomic mass is 9.86. The van der Waals surface area contributed by atoms with Crippen molar-refractivity contribution in [3.05, 3.63) is 65.7 Å². The maximum absolute atomic E-state index is 13.8. The van der Waals surface area contributed by atoms with E-state index in [1.165, 1.54) is 7.11 Å². The number of fused-ring (bicyclic) bond motifs is 1. The van der Waals surface area contributed by atoms with Crippen LogP contribution in [0.15, 0.2) is 48.7 Å². The third-order valence-corrected chi connectivity index (χ3v) is 8.69. The molecule has 1 amide bonds. The summed E-state index contributed by atoms with van der Waals surface area (Å²) in [5.74, 6) is 1.51. The quantitative estimate of drug-likeness (QED) is 0.255. The number of amides is 1. The molecule has 2 aromatic carbocycles. The van der Waals surface area contributed by atoms with E-state index in [1.54, 1.807) is 42.1 Å². The van der Waals surface area contributed by atoms with Crippen molar-refractivity contribution in [1.82, 2.24) is 24.3 Å². The number of sulfonamides is 1. The van der Waals surface area contributed by atoms with Gasteiger partial charge in [0.2, 0.25) is 15.9 Å². The number of nitrogens with zero attached hydrogens (tertiary/aromatic N) is 5. The first-order valence-electron chi connectivity index (χ1n) is 15.2. The number of ether oxygens (including phenoxy) is 2. The maximum atomic E-state index is 13.8. The number of aryl methyl sites for hydroxylation is 1. The molecule has 46 heavy (non-hydrogen) atoms. The highest BCUT2D eigenvalue weighted by atomic mass is 32.2. The van der Waals surface area contributed by atoms with Crippen LogP contribution in [-0.4, -0.2) is 91.8 Å². The SMILES string of the molecule is COc1c(NC(=O)c2cc3cccc(Oc4ccnc(CCN5CCN(C)CC5)n4)c3n2C)cc(C(C)(C)C)cc1NS(C)(=O)=O. The van der Waals surface area contributed by atoms with Crippen LogP contribution in [0, 0.1) is 0 Å². The Kier molecular flexibility index (Phi) is 9.57. The van der Waals surface area contributed by atoms with Gasteiger partial charge in [-0.2, -0.15) is 4.98 Å². The van der Waals surface area contributed by atoms with E-state index in [0.29, 0.717) is 28.8 Å². The molecule has 0 aliphatic carbocycles. The molecule has 4 aromatic rings. The molecule has 0 atom stereocenters. The van der Waals surface area contributed by atoms with E-state index < -0.39 is 15.9 Å². The number of nitrogens with one attached hydrogen (secondary N) is 2. The highest BCUT2D eigenvalue weighted by Crippen LogP contribution is 2.40. The number of hydrogen-bond donors (Lipinski definition) is 2. The Bertz CT molecular complexity index is 1840. The normalized spacial score (nSPS) is 14.8. The number of aromatic nitrogens is 3. The molecule has 0 radical (unpaired) electrons. The fourth-order valence-electron chi connectivity index (χ4n) is 5.52. The van der Waals surface area contributed by atoms with Crippen LogP contribution in [0.1, 0.15) is 42.6 Å². The van der Waals surface area contributed by atoms with Crippen LogP contribution in [-0.2, 0) is 28.9 Å². The lowest BCUT2D eigenvalue weighted by Crippen LogP contribution is -2.45. The van der Waals surface area contributed by atoms with Gasteiger partial charge in [0.25, 0.3) is 5.91 Å². The second-order valence-corrected chi connectivity index (χ2v) is 14.5. The molecule has 13 heteroatoms. The number of hydrogen-bond acceptors (Lipinski definition) is 9. The number of rotatable bonds is 10. The number of piperazine rings is 1. The van der Waals surface area contributed by atoms with Crippen LogP contribution >= 0.6 is 0 Å². The minimum atomic E-state index is -3.61. The minimum Gasteiger partial charge on any atom is -0.492 e. The van der Waals surface area contributed by atoms with E-state index in [4.69, 9.17) is 9.47 Å². The fourth-order valence-corrected chi connectivity index (χ4v) is 6.07. The second-order valence-electron chi connectivity index (χ2n) is 12.8. The van der Waals surface area contributed by atoms with E-state index in [-0.39, 0.29) is 16.9 Å². The van der Waals surface area contributed by atoms with Crippen LogP contribution in [0.2, 0.25) is 0 Å². The van der Waals surface area contributed by atoms with Crippen LogP contribution in [0.25, 0.3) is 10.9 Å². The predicted octanol–water partition coefficient (Wildman–Crippen LogP) is 4.48. The molecular formula is C33H43N7O5S. The van der Waals surface area contributed by atoms with Gasteiger partial charge in [0.1, 0.15) is 11.5 Å². The standard InChI is InChI=1S/C33H43N7O5S/c1-33(2,3)23-20-24(31(44-6)25(21-23)37-46(7,42)43)35-32(41)26-19-22-9-8-10-27(30(22)39(26)5)45-29-11-13-34-28(36-29)12-14-40-17-15-38(4)16-18-40/h8-11,13,19-21,37H,12,14-18H2,1-7H3,(H,35,41). The Morgan fingerprint density at radius 2 is 1.74 bits per heavy atom. The molecule has 12 nitrogen and oxygen atoms in total. The fraction of sp³-hybridized carbons (Fsp3) is 0.424. The van der Waals surface area contributed by atoms with Crippen LogP contribution in [0.3, 0.4) is 0 Å². The molecule has 2 N–H and O–H groups in total. The zero-order chi connectivity index (χ0) is 33.2. The Balaban J connectivity index is 1.40. The zero-order valence-electron chi connectivity index (χ0n) is 27.5. The molecule has 2 aromatic heterocycles. The molecule has 1 saturated heterocycles. The summed E-state index contributed by atoms with van der Waals surface area (Å²) in [7, 11) is 1.76. The number of carbonyl (C=O) groups is 1. The monoisotopic (exact) mass is 649 g/mol. The molecule has 0 unspecified atom stereocenters. The van der Waals surface area contributed by atoms with Crippen molar-refractivity contribution in [2.75, 3.05) is 63.2 Å². The van der Waals surface area contributed by atoms with Crippen LogP contribution in [0.5, 0.6) is 17.4 Å². The highest BCUT2D eigenvalue weighted by Gasteiger charge is 2.24. The molecule has 1 aliphatic heterocycles. The van der Waals surface area contributed by atoms with Gasteiger partial charge < -0.3 is 29.2 Å². The molecule has 0 spiro atoms. The first kappa shape index (κ1) is 33.2. The summed E-state index contributed by atoms with van der Waals surface area (Å²) in [6.45, 7) is 11.1. The van der Waals surface area contributed by atoms with Crippen molar-refractivity contribution in [2.24, 2.45) is 7.05 Å². The summed E-state index contributed by atoms with van der Waals surface area (Å²) < 4.78 is 40.4. The minimum absolute atomic E-state index is 0.210. The molecule has 1 fully saturated rings. The van der Waals surface area contributed by atoms with E-state index >= 15 is 0 Å². The third kappa shape index (κ3) is 7.77. The van der Waals surface area contributed by atoms with Gasteiger partial charge >= 0.3 is 0 Å². The van der Waals surface area contributed by atoms with Crippen molar-refractivity contribution < 1.29 is 22.7 Å². The lowest BCUT2D eigenvalue weighted by molar-refractivity contribution is 0.101. The number of methoxy groups -OCH3 is 1. The topological polar surface area (TPSA) is 131 Å². The third-order valence-electron chi connectivity index (χ3n) is 8.10. The average Bonchev–Trinajstić information content (AvgIpc) is 3.33. The first-order chi connectivity index (χ1) is 21.7. The van der Waals surface area contributed by atoms with Crippen molar-refractivity contribution in [2.45, 2.75) is 32.6 Å². The Morgan fingerprint density at radius 1 is 1.02 bits per heavy atom. The molecule has 0 bridgehead atoms. The van der Waals surface area contributed by atoms with Crippen LogP contribution in [0.4, 0.5) is 11.4 Å². The van der Waals surface area contributed by atoms with E-state index in [0.717, 1.165) is 61.9 Å². The summed E-state index contributed by atoms with van der Waals surface area (Å²) >= 11 is 0.